The summed E-state index contributed by atoms with van der Waals surface area (Å²) in [6.45, 7) is 5.77. The van der Waals surface area contributed by atoms with Crippen LogP contribution in [0.2, 0.25) is 0 Å². The van der Waals surface area contributed by atoms with Gasteiger partial charge in [-0.05, 0) is 99.1 Å². The summed E-state index contributed by atoms with van der Waals surface area (Å²) in [5, 5.41) is 11.2. The van der Waals surface area contributed by atoms with Crippen molar-refractivity contribution in [3.63, 3.8) is 0 Å². The second-order valence-electron chi connectivity index (χ2n) is 9.29. The first-order valence-corrected chi connectivity index (χ1v) is 12.0. The van der Waals surface area contributed by atoms with Crippen LogP contribution < -0.4 is 20.7 Å². The van der Waals surface area contributed by atoms with Crippen molar-refractivity contribution >= 4 is 22.5 Å². The maximum atomic E-state index is 12.8. The molecule has 2 aromatic carbocycles. The molecule has 0 radical (unpaired) electrons. The topological polar surface area (TPSA) is 75.3 Å². The van der Waals surface area contributed by atoms with Gasteiger partial charge in [-0.1, -0.05) is 6.07 Å². The largest absolute Gasteiger partial charge is 0.493 e. The Morgan fingerprint density at radius 3 is 2.64 bits per heavy atom. The van der Waals surface area contributed by atoms with Crippen molar-refractivity contribution in [2.75, 3.05) is 25.0 Å². The van der Waals surface area contributed by atoms with Crippen molar-refractivity contribution in [1.82, 2.24) is 15.6 Å². The van der Waals surface area contributed by atoms with Crippen LogP contribution in [0.25, 0.3) is 10.9 Å². The van der Waals surface area contributed by atoms with Gasteiger partial charge in [0.1, 0.15) is 5.75 Å². The molecule has 3 N–H and O–H groups in total. The highest BCUT2D eigenvalue weighted by Crippen LogP contribution is 2.30. The molecule has 33 heavy (non-hydrogen) atoms. The lowest BCUT2D eigenvalue weighted by molar-refractivity contribution is 0.102. The third-order valence-electron chi connectivity index (χ3n) is 6.64. The van der Waals surface area contributed by atoms with Crippen molar-refractivity contribution in [3.8, 4) is 5.75 Å². The number of hydrogen-bond acceptors (Lipinski definition) is 5. The summed E-state index contributed by atoms with van der Waals surface area (Å²) >= 11 is 0. The fourth-order valence-corrected chi connectivity index (χ4v) is 4.31. The second-order valence-corrected chi connectivity index (χ2v) is 9.29. The number of aryl methyl sites for hydroxylation is 1. The predicted molar refractivity (Wildman–Crippen MR) is 132 cm³/mol. The summed E-state index contributed by atoms with van der Waals surface area (Å²) in [6.07, 6.45) is 6.79. The lowest BCUT2D eigenvalue weighted by Gasteiger charge is -2.23. The molecule has 6 nitrogen and oxygen atoms in total. The van der Waals surface area contributed by atoms with E-state index in [2.05, 4.69) is 22.0 Å². The molecule has 0 spiro atoms. The Morgan fingerprint density at radius 1 is 1.09 bits per heavy atom. The zero-order chi connectivity index (χ0) is 22.6. The van der Waals surface area contributed by atoms with E-state index >= 15 is 0 Å². The smallest absolute Gasteiger partial charge is 0.255 e. The molecule has 0 unspecified atom stereocenters. The van der Waals surface area contributed by atoms with Crippen LogP contribution in [0, 0.1) is 12.8 Å². The standard InChI is InChI=1S/C27H32N4O2/c1-18-25(31-27(32)21-4-7-24(8-5-21)33-17-19-2-3-19)9-6-22-14-20(16-30-26(18)22)15-29-23-10-12-28-13-11-23/h4-9,14,16,19,23,28-29H,2-3,10-13,15,17H2,1H3,(H,31,32). The van der Waals surface area contributed by atoms with E-state index in [1.165, 1.54) is 31.2 Å². The van der Waals surface area contributed by atoms with Gasteiger partial charge < -0.3 is 20.7 Å². The molecule has 1 aliphatic carbocycles. The average molecular weight is 445 g/mol. The van der Waals surface area contributed by atoms with Gasteiger partial charge in [-0.3, -0.25) is 9.78 Å². The molecule has 1 amide bonds. The Morgan fingerprint density at radius 2 is 1.88 bits per heavy atom. The maximum absolute atomic E-state index is 12.8. The first-order valence-electron chi connectivity index (χ1n) is 12.0. The SMILES string of the molecule is Cc1c(NC(=O)c2ccc(OCC3CC3)cc2)ccc2cc(CNC3CCNCC3)cnc12. The maximum Gasteiger partial charge on any atom is 0.255 e. The quantitative estimate of drug-likeness (QED) is 0.479. The Labute approximate surface area is 195 Å². The Kier molecular flexibility index (Phi) is 6.55. The highest BCUT2D eigenvalue weighted by Gasteiger charge is 2.22. The molecular formula is C27H32N4O2. The van der Waals surface area contributed by atoms with Crippen molar-refractivity contribution in [3.05, 3.63) is 65.4 Å². The minimum absolute atomic E-state index is 0.131. The zero-order valence-corrected chi connectivity index (χ0v) is 19.2. The minimum atomic E-state index is -0.131. The number of nitrogens with zero attached hydrogens (tertiary/aromatic N) is 1. The molecule has 1 aliphatic heterocycles. The van der Waals surface area contributed by atoms with Crippen LogP contribution in [0.15, 0.2) is 48.7 Å². The number of hydrogen-bond donors (Lipinski definition) is 3. The van der Waals surface area contributed by atoms with Gasteiger partial charge in [0.15, 0.2) is 0 Å². The first kappa shape index (κ1) is 21.9. The molecular weight excluding hydrogens is 412 g/mol. The zero-order valence-electron chi connectivity index (χ0n) is 19.2. The molecule has 5 rings (SSSR count). The van der Waals surface area contributed by atoms with Crippen LogP contribution in [0.1, 0.15) is 47.2 Å². The van der Waals surface area contributed by atoms with E-state index in [4.69, 9.17) is 9.72 Å². The molecule has 0 bridgehead atoms. The third-order valence-corrected chi connectivity index (χ3v) is 6.64. The number of carbonyl (C=O) groups excluding carboxylic acids is 1. The van der Waals surface area contributed by atoms with Gasteiger partial charge in [-0.15, -0.1) is 0 Å². The molecule has 2 aliphatic rings. The predicted octanol–water partition coefficient (Wildman–Crippen LogP) is 4.43. The lowest BCUT2D eigenvalue weighted by Crippen LogP contribution is -2.39. The highest BCUT2D eigenvalue weighted by molar-refractivity contribution is 6.06. The lowest BCUT2D eigenvalue weighted by atomic mass is 10.0. The molecule has 172 valence electrons. The van der Waals surface area contributed by atoms with Crippen LogP contribution in [0.3, 0.4) is 0 Å². The fraction of sp³-hybridized carbons (Fsp3) is 0.407. The monoisotopic (exact) mass is 444 g/mol. The summed E-state index contributed by atoms with van der Waals surface area (Å²) in [6, 6.07) is 14.1. The van der Waals surface area contributed by atoms with Gasteiger partial charge in [-0.2, -0.15) is 0 Å². The molecule has 2 fully saturated rings. The van der Waals surface area contributed by atoms with E-state index in [9.17, 15) is 4.79 Å². The van der Waals surface area contributed by atoms with E-state index < -0.39 is 0 Å². The number of ether oxygens (including phenoxy) is 1. The van der Waals surface area contributed by atoms with Gasteiger partial charge in [0, 0.05) is 35.4 Å². The summed E-state index contributed by atoms with van der Waals surface area (Å²) in [7, 11) is 0. The summed E-state index contributed by atoms with van der Waals surface area (Å²) < 4.78 is 5.76. The molecule has 1 aromatic heterocycles. The van der Waals surface area contributed by atoms with Crippen molar-refractivity contribution in [1.29, 1.82) is 0 Å². The third kappa shape index (κ3) is 5.52. The van der Waals surface area contributed by atoms with Crippen LogP contribution in [0.5, 0.6) is 5.75 Å². The summed E-state index contributed by atoms with van der Waals surface area (Å²) in [4.78, 5) is 17.5. The average Bonchev–Trinajstić information content (AvgIpc) is 3.69. The van der Waals surface area contributed by atoms with Crippen LogP contribution in [-0.2, 0) is 6.54 Å². The van der Waals surface area contributed by atoms with Gasteiger partial charge in [0.25, 0.3) is 5.91 Å². The number of nitrogens with one attached hydrogen (secondary N) is 3. The number of pyridine rings is 1. The molecule has 3 aromatic rings. The fourth-order valence-electron chi connectivity index (χ4n) is 4.31. The minimum Gasteiger partial charge on any atom is -0.493 e. The van der Waals surface area contributed by atoms with Gasteiger partial charge >= 0.3 is 0 Å². The number of piperidine rings is 1. The normalized spacial score (nSPS) is 16.6. The Balaban J connectivity index is 1.23. The van der Waals surface area contributed by atoms with Gasteiger partial charge in [0.05, 0.1) is 12.1 Å². The molecule has 2 heterocycles. The molecule has 0 atom stereocenters. The number of carbonyl (C=O) groups is 1. The number of fused-ring (bicyclic) bond motifs is 1. The highest BCUT2D eigenvalue weighted by atomic mass is 16.5. The van der Waals surface area contributed by atoms with E-state index in [1.807, 2.05) is 49.5 Å². The van der Waals surface area contributed by atoms with E-state index in [1.54, 1.807) is 0 Å². The Hall–Kier alpha value is -2.96. The first-order chi connectivity index (χ1) is 16.2. The van der Waals surface area contributed by atoms with E-state index in [-0.39, 0.29) is 5.91 Å². The van der Waals surface area contributed by atoms with Crippen LogP contribution in [-0.4, -0.2) is 36.6 Å². The Bertz CT molecular complexity index is 1120. The number of rotatable bonds is 8. The summed E-state index contributed by atoms with van der Waals surface area (Å²) in [5.74, 6) is 1.39. The van der Waals surface area contributed by atoms with Crippen LogP contribution in [0.4, 0.5) is 5.69 Å². The van der Waals surface area contributed by atoms with Gasteiger partial charge in [0.2, 0.25) is 0 Å². The van der Waals surface area contributed by atoms with Gasteiger partial charge in [-0.25, -0.2) is 0 Å². The molecule has 6 heteroatoms. The van der Waals surface area contributed by atoms with Crippen molar-refractivity contribution in [2.45, 2.75) is 45.2 Å². The number of aromatic nitrogens is 1. The van der Waals surface area contributed by atoms with E-state index in [0.29, 0.717) is 17.5 Å². The number of anilines is 1. The number of amides is 1. The van der Waals surface area contributed by atoms with Crippen molar-refractivity contribution in [2.24, 2.45) is 5.92 Å². The molecule has 1 saturated heterocycles. The van der Waals surface area contributed by atoms with E-state index in [0.717, 1.165) is 54.1 Å². The molecule has 1 saturated carbocycles. The second kappa shape index (κ2) is 9.89. The van der Waals surface area contributed by atoms with Crippen molar-refractivity contribution < 1.29 is 9.53 Å². The summed E-state index contributed by atoms with van der Waals surface area (Å²) in [5.41, 5.74) is 4.47. The van der Waals surface area contributed by atoms with Crippen LogP contribution >= 0.6 is 0 Å². The number of benzene rings is 2.